The molecule has 0 bridgehead atoms. The van der Waals surface area contributed by atoms with Gasteiger partial charge < -0.3 is 9.84 Å². The molecule has 1 heterocycles. The van der Waals surface area contributed by atoms with E-state index < -0.39 is 12.6 Å². The normalized spacial score (nSPS) is 10.1. The van der Waals surface area contributed by atoms with Gasteiger partial charge in [0.25, 0.3) is 0 Å². The predicted octanol–water partition coefficient (Wildman–Crippen LogP) is 1.15. The van der Waals surface area contributed by atoms with E-state index in [9.17, 15) is 9.18 Å². The molecule has 0 fully saturated rings. The first-order valence-corrected chi connectivity index (χ1v) is 4.01. The fourth-order valence-electron chi connectivity index (χ4n) is 0.933. The minimum atomic E-state index is -1.04. The number of carbonyl (C=O) groups is 1. The Hall–Kier alpha value is -1.49. The molecule has 0 saturated heterocycles. The summed E-state index contributed by atoms with van der Waals surface area (Å²) < 4.78 is 17.0. The van der Waals surface area contributed by atoms with E-state index in [1.807, 2.05) is 0 Å². The monoisotopic (exact) mass is 199 g/mol. The average molecular weight is 199 g/mol. The fraction of sp³-hybridized carbons (Fsp3) is 0.333. The number of hydrogen-bond donors (Lipinski definition) is 1. The van der Waals surface area contributed by atoms with Crippen LogP contribution in [0.3, 0.4) is 0 Å². The van der Waals surface area contributed by atoms with Crippen molar-refractivity contribution in [1.29, 1.82) is 0 Å². The summed E-state index contributed by atoms with van der Waals surface area (Å²) in [7, 11) is 0. The standard InChI is InChI=1S/C9H10FNO3/c10-4-7-1-2-11-8(3-7)5-14-6-9(12)13/h1-3H,4-6H2,(H,12,13). The van der Waals surface area contributed by atoms with Crippen LogP contribution >= 0.6 is 0 Å². The highest BCUT2D eigenvalue weighted by atomic mass is 19.1. The van der Waals surface area contributed by atoms with Crippen LogP contribution in [-0.2, 0) is 22.8 Å². The molecule has 0 radical (unpaired) electrons. The van der Waals surface area contributed by atoms with Crippen LogP contribution in [-0.4, -0.2) is 22.7 Å². The Bertz CT molecular complexity index is 317. The SMILES string of the molecule is O=C(O)COCc1cc(CF)ccn1. The van der Waals surface area contributed by atoms with Gasteiger partial charge in [-0.2, -0.15) is 0 Å². The molecule has 1 aromatic rings. The quantitative estimate of drug-likeness (QED) is 0.772. The molecule has 0 aromatic carbocycles. The highest BCUT2D eigenvalue weighted by molar-refractivity contribution is 5.67. The van der Waals surface area contributed by atoms with Gasteiger partial charge in [-0.15, -0.1) is 0 Å². The fourth-order valence-corrected chi connectivity index (χ4v) is 0.933. The molecule has 14 heavy (non-hydrogen) atoms. The van der Waals surface area contributed by atoms with Crippen molar-refractivity contribution in [3.63, 3.8) is 0 Å². The lowest BCUT2D eigenvalue weighted by Gasteiger charge is -2.01. The van der Waals surface area contributed by atoms with E-state index in [1.165, 1.54) is 6.20 Å². The largest absolute Gasteiger partial charge is 0.480 e. The number of carboxylic acids is 1. The minimum Gasteiger partial charge on any atom is -0.480 e. The van der Waals surface area contributed by atoms with Gasteiger partial charge in [-0.1, -0.05) is 0 Å². The summed E-state index contributed by atoms with van der Waals surface area (Å²) in [4.78, 5) is 14.0. The lowest BCUT2D eigenvalue weighted by molar-refractivity contribution is -0.142. The molecule has 0 spiro atoms. The van der Waals surface area contributed by atoms with Gasteiger partial charge in [0.05, 0.1) is 12.3 Å². The number of hydrogen-bond acceptors (Lipinski definition) is 3. The van der Waals surface area contributed by atoms with E-state index in [-0.39, 0.29) is 13.2 Å². The minimum absolute atomic E-state index is 0.0835. The molecule has 0 aliphatic heterocycles. The Morgan fingerprint density at radius 2 is 2.43 bits per heavy atom. The van der Waals surface area contributed by atoms with Crippen LogP contribution < -0.4 is 0 Å². The number of halogens is 1. The van der Waals surface area contributed by atoms with Crippen molar-refractivity contribution in [2.24, 2.45) is 0 Å². The van der Waals surface area contributed by atoms with E-state index in [4.69, 9.17) is 9.84 Å². The Labute approximate surface area is 80.3 Å². The van der Waals surface area contributed by atoms with Crippen LogP contribution in [0.2, 0.25) is 0 Å². The zero-order valence-electron chi connectivity index (χ0n) is 7.44. The number of carboxylic acid groups (broad SMARTS) is 1. The maximum Gasteiger partial charge on any atom is 0.329 e. The number of aromatic nitrogens is 1. The summed E-state index contributed by atoms with van der Waals surface area (Å²) in [5.74, 6) is -1.04. The van der Waals surface area contributed by atoms with E-state index in [1.54, 1.807) is 12.1 Å². The first-order chi connectivity index (χ1) is 6.72. The van der Waals surface area contributed by atoms with E-state index in [0.717, 1.165) is 0 Å². The maximum atomic E-state index is 12.2. The number of ether oxygens (including phenoxy) is 1. The molecule has 1 N–H and O–H groups in total. The van der Waals surface area contributed by atoms with E-state index in [2.05, 4.69) is 4.98 Å². The van der Waals surface area contributed by atoms with Gasteiger partial charge in [0.1, 0.15) is 13.3 Å². The van der Waals surface area contributed by atoms with Crippen molar-refractivity contribution in [3.8, 4) is 0 Å². The zero-order chi connectivity index (χ0) is 10.4. The van der Waals surface area contributed by atoms with Crippen molar-refractivity contribution < 1.29 is 19.0 Å². The van der Waals surface area contributed by atoms with Crippen molar-refractivity contribution in [2.75, 3.05) is 6.61 Å². The molecule has 5 heteroatoms. The van der Waals surface area contributed by atoms with Crippen molar-refractivity contribution in [3.05, 3.63) is 29.6 Å². The molecule has 1 aromatic heterocycles. The molecule has 0 aliphatic rings. The van der Waals surface area contributed by atoms with Crippen molar-refractivity contribution in [1.82, 2.24) is 4.98 Å². The summed E-state index contributed by atoms with van der Waals surface area (Å²) in [6.45, 7) is -0.851. The molecule has 4 nitrogen and oxygen atoms in total. The summed E-state index contributed by atoms with van der Waals surface area (Å²) >= 11 is 0. The second-order valence-corrected chi connectivity index (χ2v) is 2.68. The lowest BCUT2D eigenvalue weighted by Crippen LogP contribution is -2.07. The summed E-state index contributed by atoms with van der Waals surface area (Å²) in [6.07, 6.45) is 1.47. The van der Waals surface area contributed by atoms with Crippen LogP contribution in [0.5, 0.6) is 0 Å². The van der Waals surface area contributed by atoms with Crippen molar-refractivity contribution >= 4 is 5.97 Å². The lowest BCUT2D eigenvalue weighted by atomic mass is 10.2. The first-order valence-electron chi connectivity index (χ1n) is 4.01. The smallest absolute Gasteiger partial charge is 0.329 e. The topological polar surface area (TPSA) is 59.4 Å². The molecule has 0 saturated carbocycles. The van der Waals surface area contributed by atoms with Gasteiger partial charge in [-0.25, -0.2) is 9.18 Å². The summed E-state index contributed by atoms with van der Waals surface area (Å²) in [5, 5.41) is 8.29. The Kier molecular flexibility index (Phi) is 4.00. The van der Waals surface area contributed by atoms with Crippen LogP contribution in [0.1, 0.15) is 11.3 Å². The van der Waals surface area contributed by atoms with Crippen LogP contribution in [0, 0.1) is 0 Å². The molecule has 0 unspecified atom stereocenters. The van der Waals surface area contributed by atoms with E-state index in [0.29, 0.717) is 11.3 Å². The van der Waals surface area contributed by atoms with Crippen LogP contribution in [0.25, 0.3) is 0 Å². The number of alkyl halides is 1. The predicted molar refractivity (Wildman–Crippen MR) is 46.3 cm³/mol. The van der Waals surface area contributed by atoms with Gasteiger partial charge >= 0.3 is 5.97 Å². The molecular weight excluding hydrogens is 189 g/mol. The average Bonchev–Trinajstić information content (AvgIpc) is 2.18. The Morgan fingerprint density at radius 1 is 1.64 bits per heavy atom. The third-order valence-corrected chi connectivity index (χ3v) is 1.51. The van der Waals surface area contributed by atoms with E-state index >= 15 is 0 Å². The molecule has 76 valence electrons. The molecule has 0 aliphatic carbocycles. The molecule has 0 atom stereocenters. The number of pyridine rings is 1. The summed E-state index contributed by atoms with van der Waals surface area (Å²) in [6, 6.07) is 3.10. The third kappa shape index (κ3) is 3.49. The zero-order valence-corrected chi connectivity index (χ0v) is 7.44. The highest BCUT2D eigenvalue weighted by Crippen LogP contribution is 2.04. The van der Waals surface area contributed by atoms with Gasteiger partial charge in [-0.05, 0) is 17.7 Å². The van der Waals surface area contributed by atoms with Crippen molar-refractivity contribution in [2.45, 2.75) is 13.3 Å². The second-order valence-electron chi connectivity index (χ2n) is 2.68. The Morgan fingerprint density at radius 3 is 3.07 bits per heavy atom. The van der Waals surface area contributed by atoms with Gasteiger partial charge in [0.15, 0.2) is 0 Å². The van der Waals surface area contributed by atoms with Crippen LogP contribution in [0.4, 0.5) is 4.39 Å². The second kappa shape index (κ2) is 5.29. The van der Waals surface area contributed by atoms with Gasteiger partial charge in [0.2, 0.25) is 0 Å². The molecule has 0 amide bonds. The Balaban J connectivity index is 2.46. The number of rotatable bonds is 5. The highest BCUT2D eigenvalue weighted by Gasteiger charge is 2.00. The number of nitrogens with zero attached hydrogens (tertiary/aromatic N) is 1. The maximum absolute atomic E-state index is 12.2. The van der Waals surface area contributed by atoms with Gasteiger partial charge in [0, 0.05) is 6.20 Å². The molecule has 1 rings (SSSR count). The summed E-state index contributed by atoms with van der Waals surface area (Å²) in [5.41, 5.74) is 1.04. The third-order valence-electron chi connectivity index (χ3n) is 1.51. The van der Waals surface area contributed by atoms with Crippen LogP contribution in [0.15, 0.2) is 18.3 Å². The van der Waals surface area contributed by atoms with Gasteiger partial charge in [-0.3, -0.25) is 4.98 Å². The molecular formula is C9H10FNO3. The first kappa shape index (κ1) is 10.6. The number of aliphatic carboxylic acids is 1.